The summed E-state index contributed by atoms with van der Waals surface area (Å²) < 4.78 is 12.7. The number of benzene rings is 1. The first-order valence-corrected chi connectivity index (χ1v) is 3.78. The van der Waals surface area contributed by atoms with E-state index in [0.29, 0.717) is 0 Å². The van der Waals surface area contributed by atoms with Crippen molar-refractivity contribution < 1.29 is 9.31 Å². The number of nitro benzene ring substituents is 1. The van der Waals surface area contributed by atoms with Crippen LogP contribution in [0, 0.1) is 27.8 Å². The van der Waals surface area contributed by atoms with Crippen molar-refractivity contribution in [3.8, 4) is 11.8 Å². The van der Waals surface area contributed by atoms with Gasteiger partial charge in [0.2, 0.25) is 0 Å². The molecule has 0 fully saturated rings. The molecule has 0 spiro atoms. The molecule has 0 heterocycles. The standard InChI is InChI=1S/C9H7FN2O2/c10-8-3-4-9(12(13)14)7(6-8)2-1-5-11/h3-4,6H,5,11H2. The number of hydrogen-bond acceptors (Lipinski definition) is 3. The quantitative estimate of drug-likeness (QED) is 0.412. The number of nitro groups is 1. The molecule has 1 aromatic rings. The van der Waals surface area contributed by atoms with Gasteiger partial charge in [0.1, 0.15) is 11.4 Å². The molecule has 72 valence electrons. The third kappa shape index (κ3) is 2.28. The van der Waals surface area contributed by atoms with E-state index in [1.807, 2.05) is 0 Å². The molecule has 0 atom stereocenters. The van der Waals surface area contributed by atoms with Crippen LogP contribution in [0.4, 0.5) is 10.1 Å². The topological polar surface area (TPSA) is 69.2 Å². The molecule has 4 nitrogen and oxygen atoms in total. The van der Waals surface area contributed by atoms with Crippen LogP contribution in [0.2, 0.25) is 0 Å². The van der Waals surface area contributed by atoms with Crippen molar-refractivity contribution in [2.75, 3.05) is 6.54 Å². The smallest absolute Gasteiger partial charge is 0.285 e. The van der Waals surface area contributed by atoms with E-state index in [4.69, 9.17) is 5.73 Å². The van der Waals surface area contributed by atoms with Gasteiger partial charge in [-0.1, -0.05) is 11.8 Å². The SMILES string of the molecule is NCC#Cc1cc(F)ccc1[N+](=O)[O-]. The summed E-state index contributed by atoms with van der Waals surface area (Å²) in [6.07, 6.45) is 0. The predicted molar refractivity (Wildman–Crippen MR) is 49.0 cm³/mol. The minimum atomic E-state index is -0.611. The first kappa shape index (κ1) is 10.2. The van der Waals surface area contributed by atoms with E-state index >= 15 is 0 Å². The number of rotatable bonds is 1. The Morgan fingerprint density at radius 3 is 2.86 bits per heavy atom. The van der Waals surface area contributed by atoms with Gasteiger partial charge in [-0.3, -0.25) is 10.1 Å². The number of nitrogens with zero attached hydrogens (tertiary/aromatic N) is 1. The molecule has 0 aliphatic heterocycles. The van der Waals surface area contributed by atoms with Gasteiger partial charge < -0.3 is 5.73 Å². The monoisotopic (exact) mass is 194 g/mol. The first-order valence-electron chi connectivity index (χ1n) is 3.78. The summed E-state index contributed by atoms with van der Waals surface area (Å²) in [5.41, 5.74) is 4.93. The molecule has 0 aliphatic carbocycles. The highest BCUT2D eigenvalue weighted by molar-refractivity contribution is 5.51. The van der Waals surface area contributed by atoms with Crippen LogP contribution >= 0.6 is 0 Å². The second-order valence-corrected chi connectivity index (χ2v) is 2.42. The Labute approximate surface area is 79.7 Å². The average Bonchev–Trinajstić information content (AvgIpc) is 2.14. The van der Waals surface area contributed by atoms with Crippen molar-refractivity contribution in [3.05, 3.63) is 39.7 Å². The van der Waals surface area contributed by atoms with E-state index in [1.54, 1.807) is 0 Å². The first-order chi connectivity index (χ1) is 6.65. The Balaban J connectivity index is 3.22. The Morgan fingerprint density at radius 1 is 1.57 bits per heavy atom. The van der Waals surface area contributed by atoms with Crippen LogP contribution in [0.5, 0.6) is 0 Å². The van der Waals surface area contributed by atoms with Gasteiger partial charge in [-0.15, -0.1) is 0 Å². The third-order valence-corrected chi connectivity index (χ3v) is 1.48. The summed E-state index contributed by atoms with van der Waals surface area (Å²) in [5.74, 6) is 4.31. The molecule has 2 N–H and O–H groups in total. The van der Waals surface area contributed by atoms with E-state index < -0.39 is 10.7 Å². The van der Waals surface area contributed by atoms with Gasteiger partial charge in [-0.25, -0.2) is 4.39 Å². The Hall–Kier alpha value is -1.93. The van der Waals surface area contributed by atoms with Gasteiger partial charge >= 0.3 is 0 Å². The zero-order valence-corrected chi connectivity index (χ0v) is 7.16. The van der Waals surface area contributed by atoms with E-state index in [1.165, 1.54) is 0 Å². The lowest BCUT2D eigenvalue weighted by Gasteiger charge is -1.94. The molecule has 0 bridgehead atoms. The lowest BCUT2D eigenvalue weighted by Crippen LogP contribution is -1.95. The molecule has 0 amide bonds. The summed E-state index contributed by atoms with van der Waals surface area (Å²) in [4.78, 5) is 9.87. The molecule has 0 saturated carbocycles. The van der Waals surface area contributed by atoms with Crippen molar-refractivity contribution in [1.29, 1.82) is 0 Å². The highest BCUT2D eigenvalue weighted by Crippen LogP contribution is 2.17. The minimum absolute atomic E-state index is 0.0421. The van der Waals surface area contributed by atoms with Crippen molar-refractivity contribution in [3.63, 3.8) is 0 Å². The Morgan fingerprint density at radius 2 is 2.29 bits per heavy atom. The highest BCUT2D eigenvalue weighted by atomic mass is 19.1. The summed E-state index contributed by atoms with van der Waals surface area (Å²) >= 11 is 0. The lowest BCUT2D eigenvalue weighted by molar-refractivity contribution is -0.385. The molecule has 1 rings (SSSR count). The van der Waals surface area contributed by atoms with E-state index in [-0.39, 0.29) is 17.8 Å². The van der Waals surface area contributed by atoms with Crippen LogP contribution in [-0.4, -0.2) is 11.5 Å². The Bertz CT molecular complexity index is 421. The van der Waals surface area contributed by atoms with Crippen molar-refractivity contribution in [2.24, 2.45) is 5.73 Å². The normalized spacial score (nSPS) is 9.00. The molecular weight excluding hydrogens is 187 g/mol. The van der Waals surface area contributed by atoms with E-state index in [9.17, 15) is 14.5 Å². The maximum atomic E-state index is 12.7. The third-order valence-electron chi connectivity index (χ3n) is 1.48. The van der Waals surface area contributed by atoms with Gasteiger partial charge in [0.15, 0.2) is 0 Å². The van der Waals surface area contributed by atoms with Crippen molar-refractivity contribution in [1.82, 2.24) is 0 Å². The van der Waals surface area contributed by atoms with Crippen molar-refractivity contribution >= 4 is 5.69 Å². The predicted octanol–water partition coefficient (Wildman–Crippen LogP) is 1.04. The number of nitrogens with two attached hydrogens (primary N) is 1. The van der Waals surface area contributed by atoms with Crippen LogP contribution in [0.15, 0.2) is 18.2 Å². The van der Waals surface area contributed by atoms with Crippen LogP contribution in [-0.2, 0) is 0 Å². The van der Waals surface area contributed by atoms with Gasteiger partial charge in [0.25, 0.3) is 5.69 Å². The average molecular weight is 194 g/mol. The fourth-order valence-electron chi connectivity index (χ4n) is 0.914. The van der Waals surface area contributed by atoms with Crippen LogP contribution in [0.25, 0.3) is 0 Å². The van der Waals surface area contributed by atoms with E-state index in [0.717, 1.165) is 18.2 Å². The Kier molecular flexibility index (Phi) is 3.15. The highest BCUT2D eigenvalue weighted by Gasteiger charge is 2.11. The summed E-state index contributed by atoms with van der Waals surface area (Å²) in [6, 6.07) is 3.11. The molecule has 1 aromatic carbocycles. The molecule has 0 unspecified atom stereocenters. The van der Waals surface area contributed by atoms with Gasteiger partial charge in [0, 0.05) is 6.07 Å². The fourth-order valence-corrected chi connectivity index (χ4v) is 0.914. The second-order valence-electron chi connectivity index (χ2n) is 2.42. The molecule has 0 aromatic heterocycles. The summed E-state index contributed by atoms with van der Waals surface area (Å²) in [6.45, 7) is 0.0771. The molecule has 14 heavy (non-hydrogen) atoms. The fraction of sp³-hybridized carbons (Fsp3) is 0.111. The molecule has 0 radical (unpaired) electrons. The zero-order valence-electron chi connectivity index (χ0n) is 7.16. The van der Waals surface area contributed by atoms with Crippen LogP contribution < -0.4 is 5.73 Å². The zero-order chi connectivity index (χ0) is 10.6. The van der Waals surface area contributed by atoms with E-state index in [2.05, 4.69) is 11.8 Å². The van der Waals surface area contributed by atoms with Gasteiger partial charge in [-0.2, -0.15) is 0 Å². The molecule has 0 aliphatic rings. The number of halogens is 1. The number of hydrogen-bond donors (Lipinski definition) is 1. The summed E-state index contributed by atoms with van der Waals surface area (Å²) in [7, 11) is 0. The maximum Gasteiger partial charge on any atom is 0.285 e. The maximum absolute atomic E-state index is 12.7. The lowest BCUT2D eigenvalue weighted by atomic mass is 10.2. The van der Waals surface area contributed by atoms with Crippen LogP contribution in [0.1, 0.15) is 5.56 Å². The van der Waals surface area contributed by atoms with Crippen molar-refractivity contribution in [2.45, 2.75) is 0 Å². The van der Waals surface area contributed by atoms with Gasteiger partial charge in [-0.05, 0) is 12.1 Å². The molecule has 0 saturated heterocycles. The van der Waals surface area contributed by atoms with Crippen LogP contribution in [0.3, 0.4) is 0 Å². The molecular formula is C9H7FN2O2. The summed E-state index contributed by atoms with van der Waals surface area (Å²) in [5, 5.41) is 10.5. The molecule has 5 heteroatoms. The van der Waals surface area contributed by atoms with Gasteiger partial charge in [0.05, 0.1) is 11.5 Å². The minimum Gasteiger partial charge on any atom is -0.320 e. The largest absolute Gasteiger partial charge is 0.320 e. The second kappa shape index (κ2) is 4.35.